The van der Waals surface area contributed by atoms with Gasteiger partial charge in [-0.1, -0.05) is 12.1 Å². The van der Waals surface area contributed by atoms with Crippen LogP contribution in [0.4, 0.5) is 10.1 Å². The number of fused-ring (bicyclic) bond motifs is 2. The molecule has 1 aliphatic heterocycles. The zero-order valence-corrected chi connectivity index (χ0v) is 12.4. The summed E-state index contributed by atoms with van der Waals surface area (Å²) in [7, 11) is 0. The summed E-state index contributed by atoms with van der Waals surface area (Å²) < 4.78 is 13.8. The van der Waals surface area contributed by atoms with Crippen LogP contribution in [0.3, 0.4) is 0 Å². The van der Waals surface area contributed by atoms with Gasteiger partial charge in [-0.3, -0.25) is 4.79 Å². The number of hydrogen-bond acceptors (Lipinski definition) is 1. The third kappa shape index (κ3) is 1.90. The zero-order chi connectivity index (χ0) is 15.3. The number of para-hydroxylation sites is 1. The molecule has 1 aromatic heterocycles. The monoisotopic (exact) mass is 296 g/mol. The predicted molar refractivity (Wildman–Crippen MR) is 85.1 cm³/mol. The lowest BCUT2D eigenvalue weighted by Crippen LogP contribution is -2.04. The molecule has 2 heterocycles. The molecule has 1 amide bonds. The molecule has 112 valence electrons. The Morgan fingerprint density at radius 3 is 2.86 bits per heavy atom. The number of nitrogens with one attached hydrogen (secondary N) is 2. The van der Waals surface area contributed by atoms with Crippen LogP contribution in [-0.2, 0) is 17.6 Å². The maximum absolute atomic E-state index is 13.8. The molecule has 0 atom stereocenters. The number of amides is 1. The van der Waals surface area contributed by atoms with E-state index in [4.69, 9.17) is 0 Å². The summed E-state index contributed by atoms with van der Waals surface area (Å²) in [6, 6.07) is 4.77. The molecule has 0 saturated heterocycles. The van der Waals surface area contributed by atoms with Gasteiger partial charge in [0, 0.05) is 17.0 Å². The van der Waals surface area contributed by atoms with Crippen molar-refractivity contribution in [1.29, 1.82) is 0 Å². The van der Waals surface area contributed by atoms with Gasteiger partial charge in [0.1, 0.15) is 5.82 Å². The minimum absolute atomic E-state index is 0.243. The van der Waals surface area contributed by atoms with E-state index in [1.165, 1.54) is 35.7 Å². The van der Waals surface area contributed by atoms with E-state index >= 15 is 0 Å². The summed E-state index contributed by atoms with van der Waals surface area (Å²) in [5.41, 5.74) is 6.29. The Labute approximate surface area is 128 Å². The van der Waals surface area contributed by atoms with Crippen LogP contribution in [0, 0.1) is 12.7 Å². The number of aryl methyl sites for hydroxylation is 1. The number of benzene rings is 1. The standard InChI is InChI=1S/C18H17FN2O/c1-10-11-5-2-3-8-15(11)20-16(10)9-13-12-6-4-7-14(19)17(12)21-18(13)22/h4,6-7,9,20H,2-3,5,8H2,1H3,(H,21,22). The summed E-state index contributed by atoms with van der Waals surface area (Å²) in [5.74, 6) is -0.635. The van der Waals surface area contributed by atoms with Crippen molar-refractivity contribution in [2.45, 2.75) is 32.6 Å². The fourth-order valence-corrected chi connectivity index (χ4v) is 3.49. The molecule has 0 bridgehead atoms. The SMILES string of the molecule is Cc1c(C=C2C(=O)Nc3c(F)cccc32)[nH]c2c1CCCC2. The average Bonchev–Trinajstić information content (AvgIpc) is 3.00. The summed E-state index contributed by atoms with van der Waals surface area (Å²) in [6.07, 6.45) is 6.44. The van der Waals surface area contributed by atoms with Gasteiger partial charge in [-0.2, -0.15) is 0 Å². The third-order valence-corrected chi connectivity index (χ3v) is 4.69. The van der Waals surface area contributed by atoms with Crippen molar-refractivity contribution in [3.05, 3.63) is 52.1 Å². The molecule has 0 radical (unpaired) electrons. The third-order valence-electron chi connectivity index (χ3n) is 4.69. The van der Waals surface area contributed by atoms with Crippen molar-refractivity contribution in [2.75, 3.05) is 5.32 Å². The normalized spacial score (nSPS) is 18.3. The van der Waals surface area contributed by atoms with Crippen molar-refractivity contribution in [1.82, 2.24) is 4.98 Å². The molecule has 0 saturated carbocycles. The van der Waals surface area contributed by atoms with Crippen LogP contribution in [0.1, 0.15) is 40.9 Å². The van der Waals surface area contributed by atoms with Gasteiger partial charge < -0.3 is 10.3 Å². The molecule has 2 aliphatic rings. The largest absolute Gasteiger partial charge is 0.358 e. The van der Waals surface area contributed by atoms with Gasteiger partial charge >= 0.3 is 0 Å². The Kier molecular flexibility index (Phi) is 2.93. The summed E-state index contributed by atoms with van der Waals surface area (Å²) in [5, 5.41) is 2.62. The number of anilines is 1. The summed E-state index contributed by atoms with van der Waals surface area (Å²) in [4.78, 5) is 15.6. The molecule has 22 heavy (non-hydrogen) atoms. The number of rotatable bonds is 1. The van der Waals surface area contributed by atoms with E-state index < -0.39 is 5.82 Å². The first-order valence-corrected chi connectivity index (χ1v) is 7.67. The van der Waals surface area contributed by atoms with Crippen LogP contribution in [0.25, 0.3) is 11.6 Å². The fourth-order valence-electron chi connectivity index (χ4n) is 3.49. The quantitative estimate of drug-likeness (QED) is 0.772. The van der Waals surface area contributed by atoms with Crippen molar-refractivity contribution in [3.8, 4) is 0 Å². The lowest BCUT2D eigenvalue weighted by atomic mass is 9.95. The van der Waals surface area contributed by atoms with Crippen LogP contribution in [-0.4, -0.2) is 10.9 Å². The minimum atomic E-state index is -0.392. The number of H-pyrrole nitrogens is 1. The van der Waals surface area contributed by atoms with Crippen LogP contribution < -0.4 is 5.32 Å². The topological polar surface area (TPSA) is 44.9 Å². The first-order chi connectivity index (χ1) is 10.6. The van der Waals surface area contributed by atoms with Gasteiger partial charge in [-0.05, 0) is 55.9 Å². The molecule has 3 nitrogen and oxygen atoms in total. The molecule has 1 aromatic carbocycles. The van der Waals surface area contributed by atoms with Gasteiger partial charge in [0.15, 0.2) is 0 Å². The lowest BCUT2D eigenvalue weighted by Gasteiger charge is -2.10. The highest BCUT2D eigenvalue weighted by Crippen LogP contribution is 2.36. The van der Waals surface area contributed by atoms with Gasteiger partial charge in [0.2, 0.25) is 0 Å². The number of halogens is 1. The molecule has 2 N–H and O–H groups in total. The fraction of sp³-hybridized carbons (Fsp3) is 0.278. The molecule has 4 heteroatoms. The number of carbonyl (C=O) groups excluding carboxylic acids is 1. The Morgan fingerprint density at radius 2 is 2.05 bits per heavy atom. The van der Waals surface area contributed by atoms with E-state index in [1.54, 1.807) is 12.1 Å². The second kappa shape index (κ2) is 4.83. The second-order valence-electron chi connectivity index (χ2n) is 6.00. The van der Waals surface area contributed by atoms with Crippen molar-refractivity contribution >= 4 is 23.2 Å². The van der Waals surface area contributed by atoms with Crippen molar-refractivity contribution in [3.63, 3.8) is 0 Å². The lowest BCUT2D eigenvalue weighted by molar-refractivity contribution is -0.110. The van der Waals surface area contributed by atoms with Gasteiger partial charge in [-0.25, -0.2) is 4.39 Å². The van der Waals surface area contributed by atoms with E-state index in [2.05, 4.69) is 17.2 Å². The van der Waals surface area contributed by atoms with Gasteiger partial charge in [0.05, 0.1) is 11.3 Å². The van der Waals surface area contributed by atoms with Crippen molar-refractivity contribution in [2.24, 2.45) is 0 Å². The van der Waals surface area contributed by atoms with Crippen LogP contribution in [0.15, 0.2) is 18.2 Å². The number of hydrogen-bond donors (Lipinski definition) is 2. The zero-order valence-electron chi connectivity index (χ0n) is 12.4. The predicted octanol–water partition coefficient (Wildman–Crippen LogP) is 3.83. The number of aromatic amines is 1. The maximum Gasteiger partial charge on any atom is 0.256 e. The first-order valence-electron chi connectivity index (χ1n) is 7.67. The van der Waals surface area contributed by atoms with E-state index in [0.717, 1.165) is 18.5 Å². The Hall–Kier alpha value is -2.36. The molecule has 0 fully saturated rings. The van der Waals surface area contributed by atoms with E-state index in [0.29, 0.717) is 11.1 Å². The minimum Gasteiger partial charge on any atom is -0.358 e. The smallest absolute Gasteiger partial charge is 0.256 e. The highest BCUT2D eigenvalue weighted by atomic mass is 19.1. The summed E-state index contributed by atoms with van der Waals surface area (Å²) in [6.45, 7) is 2.09. The van der Waals surface area contributed by atoms with Crippen LogP contribution in [0.5, 0.6) is 0 Å². The van der Waals surface area contributed by atoms with E-state index in [-0.39, 0.29) is 11.6 Å². The average molecular weight is 296 g/mol. The highest BCUT2D eigenvalue weighted by molar-refractivity contribution is 6.34. The van der Waals surface area contributed by atoms with Gasteiger partial charge in [-0.15, -0.1) is 0 Å². The van der Waals surface area contributed by atoms with Crippen LogP contribution >= 0.6 is 0 Å². The molecule has 2 aromatic rings. The molecular formula is C18H17FN2O. The van der Waals surface area contributed by atoms with Gasteiger partial charge in [0.25, 0.3) is 5.91 Å². The highest BCUT2D eigenvalue weighted by Gasteiger charge is 2.27. The van der Waals surface area contributed by atoms with Crippen LogP contribution in [0.2, 0.25) is 0 Å². The summed E-state index contributed by atoms with van der Waals surface area (Å²) >= 11 is 0. The molecular weight excluding hydrogens is 279 g/mol. The van der Waals surface area contributed by atoms with E-state index in [1.807, 2.05) is 6.08 Å². The Balaban J connectivity index is 1.83. The molecule has 0 spiro atoms. The Bertz CT molecular complexity index is 817. The molecule has 0 unspecified atom stereocenters. The number of aromatic nitrogens is 1. The molecule has 1 aliphatic carbocycles. The van der Waals surface area contributed by atoms with Crippen molar-refractivity contribution < 1.29 is 9.18 Å². The number of carbonyl (C=O) groups is 1. The Morgan fingerprint density at radius 1 is 1.23 bits per heavy atom. The van der Waals surface area contributed by atoms with E-state index in [9.17, 15) is 9.18 Å². The maximum atomic E-state index is 13.8. The second-order valence-corrected chi connectivity index (χ2v) is 6.00. The first kappa shape index (κ1) is 13.3. The molecule has 4 rings (SSSR count).